The van der Waals surface area contributed by atoms with Crippen LogP contribution in [0.25, 0.3) is 0 Å². The SMILES string of the molecule is O=C1[C@@H]2[C@@H](ON(c3ccccc3)[C@H]2c2ccc(Cl)cc2Cl)C(=O)N1c1cccc(Br)c1. The van der Waals surface area contributed by atoms with Crippen molar-refractivity contribution in [3.05, 3.63) is 92.9 Å². The fourth-order valence-corrected chi connectivity index (χ4v) is 5.05. The molecular weight excluding hydrogens is 503 g/mol. The highest BCUT2D eigenvalue weighted by Gasteiger charge is 2.60. The van der Waals surface area contributed by atoms with Gasteiger partial charge in [0.1, 0.15) is 5.92 Å². The largest absolute Gasteiger partial charge is 0.273 e. The monoisotopic (exact) mass is 516 g/mol. The number of fused-ring (bicyclic) bond motifs is 1. The van der Waals surface area contributed by atoms with Gasteiger partial charge >= 0.3 is 0 Å². The van der Waals surface area contributed by atoms with Gasteiger partial charge in [0.15, 0.2) is 6.10 Å². The Morgan fingerprint density at radius 1 is 0.839 bits per heavy atom. The minimum Gasteiger partial charge on any atom is -0.273 e. The Morgan fingerprint density at radius 3 is 2.29 bits per heavy atom. The predicted octanol–water partition coefficient (Wildman–Crippen LogP) is 5.81. The number of rotatable bonds is 3. The molecule has 0 N–H and O–H groups in total. The van der Waals surface area contributed by atoms with Gasteiger partial charge in [0, 0.05) is 14.5 Å². The maximum atomic E-state index is 13.6. The van der Waals surface area contributed by atoms with Gasteiger partial charge in [0.25, 0.3) is 5.91 Å². The summed E-state index contributed by atoms with van der Waals surface area (Å²) in [7, 11) is 0. The topological polar surface area (TPSA) is 49.9 Å². The number of halogens is 3. The fraction of sp³-hybridized carbons (Fsp3) is 0.130. The number of hydroxylamine groups is 1. The number of benzene rings is 3. The smallest absolute Gasteiger partial charge is 0.266 e. The Balaban J connectivity index is 1.62. The summed E-state index contributed by atoms with van der Waals surface area (Å²) in [6, 6.07) is 20.9. The van der Waals surface area contributed by atoms with Crippen LogP contribution in [-0.2, 0) is 14.4 Å². The van der Waals surface area contributed by atoms with Gasteiger partial charge in [-0.15, -0.1) is 0 Å². The van der Waals surface area contributed by atoms with Crippen LogP contribution in [0.15, 0.2) is 77.3 Å². The molecule has 0 saturated carbocycles. The second-order valence-electron chi connectivity index (χ2n) is 7.32. The zero-order valence-corrected chi connectivity index (χ0v) is 19.0. The third-order valence-corrected chi connectivity index (χ3v) is 6.53. The van der Waals surface area contributed by atoms with Crippen molar-refractivity contribution in [1.29, 1.82) is 0 Å². The second-order valence-corrected chi connectivity index (χ2v) is 9.07. The number of hydrogen-bond donors (Lipinski definition) is 0. The van der Waals surface area contributed by atoms with Crippen LogP contribution in [0.1, 0.15) is 11.6 Å². The first-order valence-corrected chi connectivity index (χ1v) is 11.1. The normalized spacial score (nSPS) is 22.9. The van der Waals surface area contributed by atoms with Gasteiger partial charge < -0.3 is 0 Å². The van der Waals surface area contributed by atoms with E-state index in [0.29, 0.717) is 21.3 Å². The summed E-state index contributed by atoms with van der Waals surface area (Å²) in [6.45, 7) is 0. The van der Waals surface area contributed by atoms with E-state index in [2.05, 4.69) is 15.9 Å². The van der Waals surface area contributed by atoms with Crippen molar-refractivity contribution in [3.63, 3.8) is 0 Å². The van der Waals surface area contributed by atoms with Crippen molar-refractivity contribution in [2.24, 2.45) is 5.92 Å². The molecule has 0 spiro atoms. The van der Waals surface area contributed by atoms with Crippen LogP contribution in [-0.4, -0.2) is 17.9 Å². The van der Waals surface area contributed by atoms with E-state index in [1.165, 1.54) is 4.90 Å². The third-order valence-electron chi connectivity index (χ3n) is 5.47. The molecule has 5 nitrogen and oxygen atoms in total. The molecular formula is C23H15BrCl2N2O3. The lowest BCUT2D eigenvalue weighted by atomic mass is 9.90. The standard InChI is InChI=1S/C23H15BrCl2N2O3/c24-13-5-4-8-16(11-13)27-22(29)19-20(17-10-9-14(25)12-18(17)26)28(31-21(19)23(27)30)15-6-2-1-3-7-15/h1-12,19-21H/t19-,20-,21+/m0/s1. The van der Waals surface area contributed by atoms with Crippen molar-refractivity contribution >= 4 is 62.3 Å². The summed E-state index contributed by atoms with van der Waals surface area (Å²) < 4.78 is 0.770. The van der Waals surface area contributed by atoms with Crippen molar-refractivity contribution in [3.8, 4) is 0 Å². The number of anilines is 2. The predicted molar refractivity (Wildman–Crippen MR) is 123 cm³/mol. The van der Waals surface area contributed by atoms with Crippen LogP contribution < -0.4 is 9.96 Å². The molecule has 2 fully saturated rings. The Bertz CT molecular complexity index is 1190. The number of hydrogen-bond acceptors (Lipinski definition) is 4. The quantitative estimate of drug-likeness (QED) is 0.411. The minimum absolute atomic E-state index is 0.331. The van der Waals surface area contributed by atoms with Crippen molar-refractivity contribution in [1.82, 2.24) is 0 Å². The highest BCUT2D eigenvalue weighted by molar-refractivity contribution is 9.10. The van der Waals surface area contributed by atoms with E-state index in [1.54, 1.807) is 41.5 Å². The number of amides is 2. The lowest BCUT2D eigenvalue weighted by Gasteiger charge is -2.29. The molecule has 5 rings (SSSR count). The molecule has 0 aromatic heterocycles. The molecule has 2 amide bonds. The average molecular weight is 518 g/mol. The summed E-state index contributed by atoms with van der Waals surface area (Å²) in [4.78, 5) is 34.1. The summed E-state index contributed by atoms with van der Waals surface area (Å²) in [5, 5.41) is 2.50. The van der Waals surface area contributed by atoms with E-state index in [9.17, 15) is 9.59 Å². The van der Waals surface area contributed by atoms with Gasteiger partial charge in [0.2, 0.25) is 5.91 Å². The van der Waals surface area contributed by atoms with Crippen molar-refractivity contribution in [2.45, 2.75) is 12.1 Å². The molecule has 8 heteroatoms. The highest BCUT2D eigenvalue weighted by Crippen LogP contribution is 2.49. The molecule has 3 atom stereocenters. The molecule has 2 heterocycles. The summed E-state index contributed by atoms with van der Waals surface area (Å²) in [5.41, 5.74) is 1.89. The van der Waals surface area contributed by atoms with Crippen LogP contribution in [0.5, 0.6) is 0 Å². The first-order chi connectivity index (χ1) is 15.0. The fourth-order valence-electron chi connectivity index (χ4n) is 4.14. The minimum atomic E-state index is -0.955. The zero-order chi connectivity index (χ0) is 21.7. The molecule has 156 valence electrons. The maximum absolute atomic E-state index is 13.6. The zero-order valence-electron chi connectivity index (χ0n) is 15.9. The van der Waals surface area contributed by atoms with E-state index in [1.807, 2.05) is 36.4 Å². The van der Waals surface area contributed by atoms with E-state index in [4.69, 9.17) is 28.0 Å². The van der Waals surface area contributed by atoms with Gasteiger partial charge in [-0.1, -0.05) is 69.5 Å². The number of nitrogens with zero attached hydrogens (tertiary/aromatic N) is 2. The Morgan fingerprint density at radius 2 is 1.58 bits per heavy atom. The first-order valence-electron chi connectivity index (χ1n) is 9.55. The number of imide groups is 1. The van der Waals surface area contributed by atoms with Crippen LogP contribution in [0.2, 0.25) is 10.0 Å². The first kappa shape index (κ1) is 20.5. The van der Waals surface area contributed by atoms with Gasteiger partial charge in [-0.25, -0.2) is 9.96 Å². The molecule has 0 radical (unpaired) electrons. The van der Waals surface area contributed by atoms with Gasteiger partial charge in [-0.05, 0) is 48.0 Å². The summed E-state index contributed by atoms with van der Waals surface area (Å²) >= 11 is 16.0. The second kappa shape index (κ2) is 7.95. The molecule has 31 heavy (non-hydrogen) atoms. The molecule has 2 saturated heterocycles. The van der Waals surface area contributed by atoms with Crippen molar-refractivity contribution < 1.29 is 14.4 Å². The average Bonchev–Trinajstić information content (AvgIpc) is 3.25. The number of para-hydroxylation sites is 1. The van der Waals surface area contributed by atoms with Crippen LogP contribution in [0.3, 0.4) is 0 Å². The highest BCUT2D eigenvalue weighted by atomic mass is 79.9. The van der Waals surface area contributed by atoms with E-state index < -0.39 is 24.0 Å². The van der Waals surface area contributed by atoms with E-state index in [-0.39, 0.29) is 5.91 Å². The molecule has 0 bridgehead atoms. The molecule has 0 aliphatic carbocycles. The van der Waals surface area contributed by atoms with Gasteiger partial charge in [-0.2, -0.15) is 0 Å². The molecule has 3 aromatic rings. The van der Waals surface area contributed by atoms with Crippen LogP contribution in [0.4, 0.5) is 11.4 Å². The van der Waals surface area contributed by atoms with Crippen molar-refractivity contribution in [2.75, 3.05) is 9.96 Å². The molecule has 2 aliphatic rings. The van der Waals surface area contributed by atoms with E-state index in [0.717, 1.165) is 10.2 Å². The van der Waals surface area contributed by atoms with Gasteiger partial charge in [-0.3, -0.25) is 14.4 Å². The van der Waals surface area contributed by atoms with Crippen LogP contribution >= 0.6 is 39.1 Å². The number of carbonyl (C=O) groups excluding carboxylic acids is 2. The number of carbonyl (C=O) groups is 2. The lowest BCUT2D eigenvalue weighted by Crippen LogP contribution is -2.37. The maximum Gasteiger partial charge on any atom is 0.266 e. The van der Waals surface area contributed by atoms with Crippen LogP contribution in [0, 0.1) is 5.92 Å². The summed E-state index contributed by atoms with van der Waals surface area (Å²) in [6.07, 6.45) is -0.955. The third kappa shape index (κ3) is 3.44. The molecule has 3 aromatic carbocycles. The Labute approximate surface area is 197 Å². The van der Waals surface area contributed by atoms with E-state index >= 15 is 0 Å². The molecule has 0 unspecified atom stereocenters. The summed E-state index contributed by atoms with van der Waals surface area (Å²) in [5.74, 6) is -1.49. The molecule has 2 aliphatic heterocycles. The Hall–Kier alpha value is -2.38. The van der Waals surface area contributed by atoms with Gasteiger partial charge in [0.05, 0.1) is 17.4 Å². The Kier molecular flexibility index (Phi) is 5.26. The lowest BCUT2D eigenvalue weighted by molar-refractivity contribution is -0.126.